The van der Waals surface area contributed by atoms with Gasteiger partial charge in [-0.25, -0.2) is 0 Å². The third kappa shape index (κ3) is 3.15. The quantitative estimate of drug-likeness (QED) is 0.657. The average molecular weight is 217 g/mol. The predicted octanol–water partition coefficient (Wildman–Crippen LogP) is -0.0213. The van der Waals surface area contributed by atoms with Crippen molar-refractivity contribution in [1.82, 2.24) is 4.90 Å². The molecule has 1 rings (SSSR count). The highest BCUT2D eigenvalue weighted by Gasteiger charge is 2.29. The van der Waals surface area contributed by atoms with E-state index in [-0.39, 0.29) is 25.0 Å². The molecule has 1 heterocycles. The van der Waals surface area contributed by atoms with Gasteiger partial charge in [-0.1, -0.05) is 0 Å². The van der Waals surface area contributed by atoms with Gasteiger partial charge in [-0.3, -0.25) is 4.79 Å². The third-order valence-electron chi connectivity index (χ3n) is 2.78. The average Bonchev–Trinajstić information content (AvgIpc) is 2.73. The summed E-state index contributed by atoms with van der Waals surface area (Å²) in [5.41, 5.74) is 0. The number of aliphatic hydroxyl groups excluding tert-OH is 1. The minimum Gasteiger partial charge on any atom is -0.394 e. The summed E-state index contributed by atoms with van der Waals surface area (Å²) in [6.07, 6.45) is 1.57. The Balaban J connectivity index is 2.45. The summed E-state index contributed by atoms with van der Waals surface area (Å²) < 4.78 is 9.93. The highest BCUT2D eigenvalue weighted by atomic mass is 16.7. The first-order valence-corrected chi connectivity index (χ1v) is 5.18. The maximum atomic E-state index is 11.8. The number of nitrogens with zero attached hydrogens (tertiary/aromatic N) is 1. The fourth-order valence-electron chi connectivity index (χ4n) is 1.88. The van der Waals surface area contributed by atoms with Crippen LogP contribution in [0.5, 0.6) is 0 Å². The van der Waals surface area contributed by atoms with Crippen LogP contribution in [-0.2, 0) is 14.3 Å². The summed E-state index contributed by atoms with van der Waals surface area (Å²) >= 11 is 0. The molecule has 1 aliphatic rings. The minimum atomic E-state index is -0.488. The first-order valence-electron chi connectivity index (χ1n) is 5.18. The molecule has 0 bridgehead atoms. The van der Waals surface area contributed by atoms with Gasteiger partial charge in [0.1, 0.15) is 0 Å². The highest BCUT2D eigenvalue weighted by Crippen LogP contribution is 2.18. The fourth-order valence-corrected chi connectivity index (χ4v) is 1.88. The van der Waals surface area contributed by atoms with Crippen molar-refractivity contribution in [2.24, 2.45) is 0 Å². The summed E-state index contributed by atoms with van der Waals surface area (Å²) in [7, 11) is 3.02. The van der Waals surface area contributed by atoms with Gasteiger partial charge in [-0.05, 0) is 12.8 Å². The van der Waals surface area contributed by atoms with Crippen molar-refractivity contribution in [1.29, 1.82) is 0 Å². The van der Waals surface area contributed by atoms with Crippen LogP contribution in [0.2, 0.25) is 0 Å². The zero-order chi connectivity index (χ0) is 11.3. The molecule has 1 saturated heterocycles. The van der Waals surface area contributed by atoms with E-state index in [1.54, 1.807) is 4.90 Å². The molecular weight excluding hydrogens is 198 g/mol. The molecule has 15 heavy (non-hydrogen) atoms. The van der Waals surface area contributed by atoms with E-state index in [1.165, 1.54) is 14.2 Å². The number of hydrogen-bond donors (Lipinski definition) is 1. The van der Waals surface area contributed by atoms with E-state index in [4.69, 9.17) is 14.6 Å². The van der Waals surface area contributed by atoms with E-state index >= 15 is 0 Å². The van der Waals surface area contributed by atoms with Crippen molar-refractivity contribution in [2.45, 2.75) is 31.6 Å². The molecule has 0 unspecified atom stereocenters. The van der Waals surface area contributed by atoms with Crippen LogP contribution in [0.4, 0.5) is 0 Å². The zero-order valence-electron chi connectivity index (χ0n) is 9.31. The first-order chi connectivity index (χ1) is 7.22. The molecule has 0 saturated carbocycles. The second kappa shape index (κ2) is 6.05. The number of aliphatic hydroxyl groups is 1. The van der Waals surface area contributed by atoms with E-state index in [9.17, 15) is 4.79 Å². The molecule has 1 aliphatic heterocycles. The van der Waals surface area contributed by atoms with Gasteiger partial charge in [0.05, 0.1) is 19.1 Å². The standard InChI is InChI=1S/C10H19NO4/c1-14-10(15-2)6-9(13)11-5-3-4-8(11)7-12/h8,10,12H,3-7H2,1-2H3/t8-/m0/s1. The van der Waals surface area contributed by atoms with Crippen molar-refractivity contribution in [3.63, 3.8) is 0 Å². The summed E-state index contributed by atoms with van der Waals surface area (Å²) in [5.74, 6) is -0.0137. The number of amides is 1. The van der Waals surface area contributed by atoms with Gasteiger partial charge >= 0.3 is 0 Å². The van der Waals surface area contributed by atoms with Crippen LogP contribution < -0.4 is 0 Å². The number of ether oxygens (including phenoxy) is 2. The van der Waals surface area contributed by atoms with E-state index in [0.717, 1.165) is 19.4 Å². The SMILES string of the molecule is COC(CC(=O)N1CCC[C@H]1CO)OC. The van der Waals surface area contributed by atoms with Gasteiger partial charge in [0.2, 0.25) is 5.91 Å². The van der Waals surface area contributed by atoms with E-state index in [2.05, 4.69) is 0 Å². The highest BCUT2D eigenvalue weighted by molar-refractivity contribution is 5.77. The summed E-state index contributed by atoms with van der Waals surface area (Å²) in [4.78, 5) is 13.5. The third-order valence-corrected chi connectivity index (χ3v) is 2.78. The number of hydrogen-bond acceptors (Lipinski definition) is 4. The smallest absolute Gasteiger partial charge is 0.228 e. The number of rotatable bonds is 5. The Labute approximate surface area is 90.0 Å². The predicted molar refractivity (Wildman–Crippen MR) is 54.2 cm³/mol. The summed E-state index contributed by atoms with van der Waals surface area (Å²) in [6, 6.07) is -0.0214. The molecule has 0 spiro atoms. The topological polar surface area (TPSA) is 59.0 Å². The Bertz CT molecular complexity index is 206. The Morgan fingerprint density at radius 1 is 1.53 bits per heavy atom. The van der Waals surface area contributed by atoms with Crippen LogP contribution in [0.15, 0.2) is 0 Å². The molecule has 88 valence electrons. The van der Waals surface area contributed by atoms with Crippen LogP contribution in [0, 0.1) is 0 Å². The lowest BCUT2D eigenvalue weighted by Crippen LogP contribution is -2.39. The molecule has 0 aromatic heterocycles. The molecule has 5 heteroatoms. The summed E-state index contributed by atoms with van der Waals surface area (Å²) in [6.45, 7) is 0.764. The number of likely N-dealkylation sites (tertiary alicyclic amines) is 1. The minimum absolute atomic E-state index is 0.0137. The van der Waals surface area contributed by atoms with Crippen molar-refractivity contribution < 1.29 is 19.4 Å². The molecule has 0 aliphatic carbocycles. The van der Waals surface area contributed by atoms with E-state index < -0.39 is 6.29 Å². The molecule has 1 N–H and O–H groups in total. The number of methoxy groups -OCH3 is 2. The van der Waals surface area contributed by atoms with Crippen LogP contribution in [0.1, 0.15) is 19.3 Å². The first kappa shape index (κ1) is 12.4. The lowest BCUT2D eigenvalue weighted by Gasteiger charge is -2.24. The largest absolute Gasteiger partial charge is 0.394 e. The molecule has 0 aromatic carbocycles. The van der Waals surface area contributed by atoms with Crippen LogP contribution in [-0.4, -0.2) is 55.6 Å². The van der Waals surface area contributed by atoms with Crippen LogP contribution in [0.3, 0.4) is 0 Å². The van der Waals surface area contributed by atoms with Crippen molar-refractivity contribution in [3.8, 4) is 0 Å². The molecule has 0 aromatic rings. The molecule has 5 nitrogen and oxygen atoms in total. The molecule has 1 amide bonds. The molecular formula is C10H19NO4. The van der Waals surface area contributed by atoms with Gasteiger partial charge in [0.25, 0.3) is 0 Å². The Morgan fingerprint density at radius 2 is 2.20 bits per heavy atom. The van der Waals surface area contributed by atoms with E-state index in [0.29, 0.717) is 0 Å². The lowest BCUT2D eigenvalue weighted by molar-refractivity contribution is -0.149. The maximum absolute atomic E-state index is 11.8. The second-order valence-electron chi connectivity index (χ2n) is 3.67. The number of carbonyl (C=O) groups excluding carboxylic acids is 1. The van der Waals surface area contributed by atoms with Gasteiger partial charge in [-0.15, -0.1) is 0 Å². The second-order valence-corrected chi connectivity index (χ2v) is 3.67. The van der Waals surface area contributed by atoms with Crippen LogP contribution in [0.25, 0.3) is 0 Å². The lowest BCUT2D eigenvalue weighted by atomic mass is 10.2. The molecule has 0 radical (unpaired) electrons. The Kier molecular flexibility index (Phi) is 5.01. The maximum Gasteiger partial charge on any atom is 0.228 e. The van der Waals surface area contributed by atoms with Crippen LogP contribution >= 0.6 is 0 Å². The van der Waals surface area contributed by atoms with E-state index in [1.807, 2.05) is 0 Å². The monoisotopic (exact) mass is 217 g/mol. The molecule has 1 fully saturated rings. The van der Waals surface area contributed by atoms with Gasteiger partial charge in [-0.2, -0.15) is 0 Å². The Hall–Kier alpha value is -0.650. The van der Waals surface area contributed by atoms with Gasteiger partial charge in [0.15, 0.2) is 6.29 Å². The zero-order valence-corrected chi connectivity index (χ0v) is 9.31. The normalized spacial score (nSPS) is 21.3. The summed E-state index contributed by atoms with van der Waals surface area (Å²) in [5, 5.41) is 9.08. The van der Waals surface area contributed by atoms with Crippen molar-refractivity contribution in [2.75, 3.05) is 27.4 Å². The fraction of sp³-hybridized carbons (Fsp3) is 0.900. The molecule has 1 atom stereocenters. The number of carbonyl (C=O) groups is 1. The van der Waals surface area contributed by atoms with Crippen molar-refractivity contribution in [3.05, 3.63) is 0 Å². The Morgan fingerprint density at radius 3 is 2.73 bits per heavy atom. The van der Waals surface area contributed by atoms with Crippen molar-refractivity contribution >= 4 is 5.91 Å². The van der Waals surface area contributed by atoms with Gasteiger partial charge in [0, 0.05) is 20.8 Å². The van der Waals surface area contributed by atoms with Gasteiger partial charge < -0.3 is 19.5 Å².